The van der Waals surface area contributed by atoms with Gasteiger partial charge >= 0.3 is 0 Å². The monoisotopic (exact) mass is 237 g/mol. The van der Waals surface area contributed by atoms with E-state index in [-0.39, 0.29) is 5.02 Å². The number of hydrogen-bond donors (Lipinski definition) is 1. The molecule has 0 atom stereocenters. The first-order valence-electron chi connectivity index (χ1n) is 4.68. The maximum Gasteiger partial charge on any atom is 0.141 e. The van der Waals surface area contributed by atoms with E-state index in [2.05, 4.69) is 15.3 Å². The molecule has 3 nitrogen and oxygen atoms in total. The van der Waals surface area contributed by atoms with Crippen LogP contribution in [0.3, 0.4) is 0 Å². The highest BCUT2D eigenvalue weighted by atomic mass is 35.5. The number of nitrogens with zero attached hydrogens (tertiary/aromatic N) is 2. The second kappa shape index (κ2) is 4.90. The van der Waals surface area contributed by atoms with E-state index in [4.69, 9.17) is 11.6 Å². The van der Waals surface area contributed by atoms with Gasteiger partial charge in [-0.2, -0.15) is 0 Å². The summed E-state index contributed by atoms with van der Waals surface area (Å²) >= 11 is 5.66. The summed E-state index contributed by atoms with van der Waals surface area (Å²) < 4.78 is 12.9. The summed E-state index contributed by atoms with van der Waals surface area (Å²) in [5.74, 6) is -0.421. The molecular formula is C11H9ClFN3. The lowest BCUT2D eigenvalue weighted by molar-refractivity contribution is 0.628. The predicted molar refractivity (Wildman–Crippen MR) is 60.8 cm³/mol. The Morgan fingerprint density at radius 1 is 1.25 bits per heavy atom. The molecule has 0 radical (unpaired) electrons. The second-order valence-corrected chi connectivity index (χ2v) is 3.64. The van der Waals surface area contributed by atoms with E-state index in [1.807, 2.05) is 0 Å². The van der Waals surface area contributed by atoms with Crippen molar-refractivity contribution in [2.75, 3.05) is 5.32 Å². The standard InChI is InChI=1S/C11H9ClFN3/c12-10-3-9(1-2-11(10)13)16-6-8-4-14-7-15-5-8/h1-5,7,16H,6H2. The molecule has 2 aromatic rings. The highest BCUT2D eigenvalue weighted by Gasteiger charge is 2.00. The van der Waals surface area contributed by atoms with Crippen molar-refractivity contribution >= 4 is 17.3 Å². The maximum atomic E-state index is 12.9. The Hall–Kier alpha value is -1.68. The number of hydrogen-bond acceptors (Lipinski definition) is 3. The molecule has 0 amide bonds. The van der Waals surface area contributed by atoms with E-state index in [1.165, 1.54) is 12.4 Å². The second-order valence-electron chi connectivity index (χ2n) is 3.23. The highest BCUT2D eigenvalue weighted by molar-refractivity contribution is 6.31. The van der Waals surface area contributed by atoms with Crippen LogP contribution in [0.2, 0.25) is 5.02 Å². The molecule has 0 unspecified atom stereocenters. The van der Waals surface area contributed by atoms with Gasteiger partial charge in [-0.05, 0) is 18.2 Å². The Balaban J connectivity index is 2.03. The van der Waals surface area contributed by atoms with Gasteiger partial charge in [-0.15, -0.1) is 0 Å². The van der Waals surface area contributed by atoms with Crippen LogP contribution in [0.4, 0.5) is 10.1 Å². The van der Waals surface area contributed by atoms with Crippen molar-refractivity contribution in [3.05, 3.63) is 53.3 Å². The quantitative estimate of drug-likeness (QED) is 0.892. The zero-order valence-electron chi connectivity index (χ0n) is 8.32. The molecule has 0 aliphatic carbocycles. The topological polar surface area (TPSA) is 37.8 Å². The van der Waals surface area contributed by atoms with Crippen molar-refractivity contribution in [3.8, 4) is 0 Å². The normalized spacial score (nSPS) is 10.1. The maximum absolute atomic E-state index is 12.9. The minimum Gasteiger partial charge on any atom is -0.381 e. The molecule has 0 saturated carbocycles. The lowest BCUT2D eigenvalue weighted by Gasteiger charge is -2.06. The lowest BCUT2D eigenvalue weighted by Crippen LogP contribution is -2.00. The van der Waals surface area contributed by atoms with Crippen LogP contribution in [-0.2, 0) is 6.54 Å². The number of anilines is 1. The SMILES string of the molecule is Fc1ccc(NCc2cncnc2)cc1Cl. The van der Waals surface area contributed by atoms with Gasteiger partial charge in [-0.1, -0.05) is 11.6 Å². The summed E-state index contributed by atoms with van der Waals surface area (Å²) in [5, 5.41) is 3.20. The molecule has 1 N–H and O–H groups in total. The third kappa shape index (κ3) is 2.67. The van der Waals surface area contributed by atoms with Crippen LogP contribution in [0.15, 0.2) is 36.9 Å². The zero-order valence-corrected chi connectivity index (χ0v) is 9.08. The summed E-state index contributed by atoms with van der Waals surface area (Å²) in [6, 6.07) is 4.50. The van der Waals surface area contributed by atoms with E-state index in [9.17, 15) is 4.39 Å². The molecule has 1 heterocycles. The number of benzene rings is 1. The Bertz CT molecular complexity index is 476. The average molecular weight is 238 g/mol. The summed E-state index contributed by atoms with van der Waals surface area (Å²) in [4.78, 5) is 7.78. The van der Waals surface area contributed by atoms with Crippen LogP contribution in [0, 0.1) is 5.82 Å². The Labute approximate surface area is 97.3 Å². The minimum atomic E-state index is -0.421. The molecule has 0 bridgehead atoms. The molecule has 5 heteroatoms. The molecule has 0 spiro atoms. The Morgan fingerprint density at radius 2 is 2.00 bits per heavy atom. The largest absolute Gasteiger partial charge is 0.381 e. The van der Waals surface area contributed by atoms with Gasteiger partial charge in [0.1, 0.15) is 12.1 Å². The van der Waals surface area contributed by atoms with E-state index >= 15 is 0 Å². The molecular weight excluding hydrogens is 229 g/mol. The smallest absolute Gasteiger partial charge is 0.141 e. The lowest BCUT2D eigenvalue weighted by atomic mass is 10.3. The number of nitrogens with one attached hydrogen (secondary N) is 1. The number of rotatable bonds is 3. The fourth-order valence-corrected chi connectivity index (χ4v) is 1.41. The van der Waals surface area contributed by atoms with E-state index in [0.29, 0.717) is 6.54 Å². The minimum absolute atomic E-state index is 0.106. The molecule has 0 fully saturated rings. The van der Waals surface area contributed by atoms with E-state index in [1.54, 1.807) is 24.5 Å². The van der Waals surface area contributed by atoms with Crippen LogP contribution < -0.4 is 5.32 Å². The highest BCUT2D eigenvalue weighted by Crippen LogP contribution is 2.19. The van der Waals surface area contributed by atoms with Gasteiger partial charge in [0.25, 0.3) is 0 Å². The van der Waals surface area contributed by atoms with Gasteiger partial charge in [0, 0.05) is 30.2 Å². The third-order valence-electron chi connectivity index (χ3n) is 2.03. The first-order chi connectivity index (χ1) is 7.75. The molecule has 0 saturated heterocycles. The Kier molecular flexibility index (Phi) is 3.31. The summed E-state index contributed by atoms with van der Waals surface area (Å²) in [5.41, 5.74) is 1.71. The van der Waals surface area contributed by atoms with Crippen LogP contribution in [0.25, 0.3) is 0 Å². The van der Waals surface area contributed by atoms with Gasteiger partial charge < -0.3 is 5.32 Å². The van der Waals surface area contributed by atoms with Crippen LogP contribution >= 0.6 is 11.6 Å². The van der Waals surface area contributed by atoms with Crippen molar-refractivity contribution in [3.63, 3.8) is 0 Å². The summed E-state index contributed by atoms with van der Waals surface area (Å²) in [6.45, 7) is 0.572. The predicted octanol–water partition coefficient (Wildman–Crippen LogP) is 2.88. The van der Waals surface area contributed by atoms with Crippen LogP contribution in [0.5, 0.6) is 0 Å². The van der Waals surface area contributed by atoms with Crippen LogP contribution in [-0.4, -0.2) is 9.97 Å². The summed E-state index contributed by atoms with van der Waals surface area (Å²) in [6.07, 6.45) is 4.90. The molecule has 1 aromatic carbocycles. The van der Waals surface area contributed by atoms with Gasteiger partial charge in [-0.3, -0.25) is 0 Å². The molecule has 1 aromatic heterocycles. The fraction of sp³-hybridized carbons (Fsp3) is 0.0909. The number of halogens is 2. The van der Waals surface area contributed by atoms with Crippen LogP contribution in [0.1, 0.15) is 5.56 Å². The molecule has 0 aliphatic heterocycles. The van der Waals surface area contributed by atoms with Crippen molar-refractivity contribution in [2.45, 2.75) is 6.54 Å². The first-order valence-corrected chi connectivity index (χ1v) is 5.06. The third-order valence-corrected chi connectivity index (χ3v) is 2.32. The van der Waals surface area contributed by atoms with Gasteiger partial charge in [0.2, 0.25) is 0 Å². The van der Waals surface area contributed by atoms with Gasteiger partial charge in [0.05, 0.1) is 5.02 Å². The average Bonchev–Trinajstić information content (AvgIpc) is 2.32. The van der Waals surface area contributed by atoms with Crippen molar-refractivity contribution in [1.29, 1.82) is 0 Å². The molecule has 0 aliphatic rings. The van der Waals surface area contributed by atoms with Crippen molar-refractivity contribution < 1.29 is 4.39 Å². The fourth-order valence-electron chi connectivity index (χ4n) is 1.23. The molecule has 82 valence electrons. The van der Waals surface area contributed by atoms with Crippen molar-refractivity contribution in [2.24, 2.45) is 0 Å². The van der Waals surface area contributed by atoms with Gasteiger partial charge in [-0.25, -0.2) is 14.4 Å². The first kappa shape index (κ1) is 10.8. The zero-order chi connectivity index (χ0) is 11.4. The van der Waals surface area contributed by atoms with Gasteiger partial charge in [0.15, 0.2) is 0 Å². The molecule has 16 heavy (non-hydrogen) atoms. The van der Waals surface area contributed by atoms with E-state index in [0.717, 1.165) is 11.3 Å². The summed E-state index contributed by atoms with van der Waals surface area (Å²) in [7, 11) is 0. The molecule has 2 rings (SSSR count). The van der Waals surface area contributed by atoms with E-state index < -0.39 is 5.82 Å². The Morgan fingerprint density at radius 3 is 2.69 bits per heavy atom. The van der Waals surface area contributed by atoms with Crippen molar-refractivity contribution in [1.82, 2.24) is 9.97 Å². The number of aromatic nitrogens is 2.